The fourth-order valence-electron chi connectivity index (χ4n) is 2.90. The molecule has 2 aromatic carbocycles. The van der Waals surface area contributed by atoms with E-state index in [9.17, 15) is 9.59 Å². The Morgan fingerprint density at radius 3 is 2.32 bits per heavy atom. The summed E-state index contributed by atoms with van der Waals surface area (Å²) in [6.07, 6.45) is 2.97. The van der Waals surface area contributed by atoms with Gasteiger partial charge in [-0.15, -0.1) is 11.8 Å². The summed E-state index contributed by atoms with van der Waals surface area (Å²) in [5.74, 6) is -0.244. The van der Waals surface area contributed by atoms with Gasteiger partial charge in [-0.3, -0.25) is 14.5 Å². The van der Waals surface area contributed by atoms with Crippen molar-refractivity contribution in [2.75, 3.05) is 31.7 Å². The molecule has 0 heterocycles. The number of likely N-dealkylation sites (N-methyl/N-ethyl adjacent to an activating group) is 1. The van der Waals surface area contributed by atoms with E-state index in [1.807, 2.05) is 49.6 Å². The largest absolute Gasteiger partial charge is 0.348 e. The number of nitrogens with one attached hydrogen (secondary N) is 2. The minimum atomic E-state index is -0.139. The van der Waals surface area contributed by atoms with Crippen molar-refractivity contribution < 1.29 is 9.59 Å². The van der Waals surface area contributed by atoms with E-state index in [0.717, 1.165) is 22.6 Å². The van der Waals surface area contributed by atoms with Gasteiger partial charge in [0.05, 0.1) is 24.8 Å². The fourth-order valence-corrected chi connectivity index (χ4v) is 3.45. The van der Waals surface area contributed by atoms with Crippen molar-refractivity contribution in [3.63, 3.8) is 0 Å². The molecule has 2 rings (SSSR count). The van der Waals surface area contributed by atoms with Crippen LogP contribution >= 0.6 is 11.8 Å². The monoisotopic (exact) mass is 399 g/mol. The third kappa shape index (κ3) is 6.69. The number of amides is 2. The zero-order chi connectivity index (χ0) is 20.5. The van der Waals surface area contributed by atoms with Crippen LogP contribution in [0.1, 0.15) is 31.0 Å². The number of rotatable bonds is 9. The van der Waals surface area contributed by atoms with Crippen LogP contribution in [0.2, 0.25) is 0 Å². The van der Waals surface area contributed by atoms with E-state index in [2.05, 4.69) is 29.7 Å². The van der Waals surface area contributed by atoms with Crippen molar-refractivity contribution in [1.29, 1.82) is 0 Å². The molecule has 1 atom stereocenters. The maximum absolute atomic E-state index is 12.3. The van der Waals surface area contributed by atoms with Gasteiger partial charge in [-0.05, 0) is 49.9 Å². The van der Waals surface area contributed by atoms with Gasteiger partial charge in [0.15, 0.2) is 0 Å². The van der Waals surface area contributed by atoms with E-state index in [4.69, 9.17) is 0 Å². The van der Waals surface area contributed by atoms with Gasteiger partial charge in [0.25, 0.3) is 0 Å². The van der Waals surface area contributed by atoms with Gasteiger partial charge in [0.1, 0.15) is 0 Å². The smallest absolute Gasteiger partial charge is 0.238 e. The van der Waals surface area contributed by atoms with Crippen molar-refractivity contribution >= 4 is 29.3 Å². The molecular weight excluding hydrogens is 370 g/mol. The molecule has 2 aromatic rings. The van der Waals surface area contributed by atoms with E-state index < -0.39 is 0 Å². The third-order valence-electron chi connectivity index (χ3n) is 4.47. The Balaban J connectivity index is 1.81. The number of aryl methyl sites for hydroxylation is 1. The molecule has 0 aromatic heterocycles. The molecule has 2 N–H and O–H groups in total. The maximum atomic E-state index is 12.3. The molecule has 0 aliphatic rings. The average molecular weight is 400 g/mol. The highest BCUT2D eigenvalue weighted by molar-refractivity contribution is 7.98. The van der Waals surface area contributed by atoms with Crippen molar-refractivity contribution in [2.45, 2.75) is 31.2 Å². The Kier molecular flexibility index (Phi) is 8.54. The van der Waals surface area contributed by atoms with Crippen LogP contribution in [0.15, 0.2) is 53.4 Å². The van der Waals surface area contributed by atoms with Gasteiger partial charge < -0.3 is 10.6 Å². The summed E-state index contributed by atoms with van der Waals surface area (Å²) in [6, 6.07) is 15.9. The van der Waals surface area contributed by atoms with Gasteiger partial charge in [0.2, 0.25) is 11.8 Å². The van der Waals surface area contributed by atoms with Gasteiger partial charge in [-0.25, -0.2) is 0 Å². The molecule has 0 aliphatic heterocycles. The molecule has 0 saturated heterocycles. The lowest BCUT2D eigenvalue weighted by atomic mass is 10.1. The SMILES string of the molecule is CCc1ccc(C(C)NC(=O)CN(C)CC(=O)Nc2ccccc2SC)cc1. The number of para-hydroxylation sites is 1. The summed E-state index contributed by atoms with van der Waals surface area (Å²) in [5, 5.41) is 5.90. The number of hydrogen-bond acceptors (Lipinski definition) is 4. The summed E-state index contributed by atoms with van der Waals surface area (Å²) in [5.41, 5.74) is 3.14. The average Bonchev–Trinajstić information content (AvgIpc) is 2.68. The Morgan fingerprint density at radius 2 is 1.68 bits per heavy atom. The molecule has 1 unspecified atom stereocenters. The van der Waals surface area contributed by atoms with Crippen molar-refractivity contribution in [3.05, 3.63) is 59.7 Å². The Labute approximate surface area is 171 Å². The molecule has 150 valence electrons. The number of anilines is 1. The van der Waals surface area contributed by atoms with E-state index in [-0.39, 0.29) is 30.9 Å². The lowest BCUT2D eigenvalue weighted by Crippen LogP contribution is -2.39. The van der Waals surface area contributed by atoms with Crippen molar-refractivity contribution in [2.24, 2.45) is 0 Å². The Morgan fingerprint density at radius 1 is 1.04 bits per heavy atom. The van der Waals surface area contributed by atoms with Crippen LogP contribution in [0, 0.1) is 0 Å². The first-order valence-corrected chi connectivity index (χ1v) is 10.6. The van der Waals surface area contributed by atoms with Crippen LogP contribution in [0.4, 0.5) is 5.69 Å². The summed E-state index contributed by atoms with van der Waals surface area (Å²) >= 11 is 1.58. The Bertz CT molecular complexity index is 793. The number of hydrogen-bond donors (Lipinski definition) is 2. The van der Waals surface area contributed by atoms with E-state index in [0.29, 0.717) is 0 Å². The second-order valence-corrected chi connectivity index (χ2v) is 7.65. The van der Waals surface area contributed by atoms with Gasteiger partial charge in [-0.2, -0.15) is 0 Å². The number of nitrogens with zero attached hydrogens (tertiary/aromatic N) is 1. The third-order valence-corrected chi connectivity index (χ3v) is 5.27. The predicted octanol–water partition coefficient (Wildman–Crippen LogP) is 3.72. The van der Waals surface area contributed by atoms with E-state index >= 15 is 0 Å². The second kappa shape index (κ2) is 10.9. The minimum absolute atomic E-state index is 0.0749. The predicted molar refractivity (Wildman–Crippen MR) is 117 cm³/mol. The molecule has 0 aliphatic carbocycles. The standard InChI is InChI=1S/C22H29N3O2S/c1-5-17-10-12-18(13-11-17)16(2)23-21(26)14-25(3)15-22(27)24-19-8-6-7-9-20(19)28-4/h6-13,16H,5,14-15H2,1-4H3,(H,23,26)(H,24,27). The van der Waals surface area contributed by atoms with Crippen LogP contribution in [0.5, 0.6) is 0 Å². The highest BCUT2D eigenvalue weighted by atomic mass is 32.2. The first-order valence-electron chi connectivity index (χ1n) is 9.42. The summed E-state index contributed by atoms with van der Waals surface area (Å²) in [4.78, 5) is 27.3. The number of thioether (sulfide) groups is 1. The summed E-state index contributed by atoms with van der Waals surface area (Å²) in [7, 11) is 1.76. The molecule has 0 bridgehead atoms. The zero-order valence-corrected chi connectivity index (χ0v) is 17.8. The fraction of sp³-hybridized carbons (Fsp3) is 0.364. The number of benzene rings is 2. The minimum Gasteiger partial charge on any atom is -0.348 e. The van der Waals surface area contributed by atoms with Crippen LogP contribution in [-0.4, -0.2) is 43.1 Å². The van der Waals surface area contributed by atoms with Gasteiger partial charge in [-0.1, -0.05) is 43.3 Å². The molecule has 5 nitrogen and oxygen atoms in total. The first kappa shape index (κ1) is 22.0. The van der Waals surface area contributed by atoms with E-state index in [1.165, 1.54) is 5.56 Å². The van der Waals surface area contributed by atoms with Crippen LogP contribution in [0.25, 0.3) is 0 Å². The van der Waals surface area contributed by atoms with E-state index in [1.54, 1.807) is 23.7 Å². The lowest BCUT2D eigenvalue weighted by Gasteiger charge is -2.19. The van der Waals surface area contributed by atoms with Gasteiger partial charge in [0, 0.05) is 4.90 Å². The molecule has 0 saturated carbocycles. The zero-order valence-electron chi connectivity index (χ0n) is 17.0. The van der Waals surface area contributed by atoms with Crippen LogP contribution < -0.4 is 10.6 Å². The van der Waals surface area contributed by atoms with Crippen molar-refractivity contribution in [1.82, 2.24) is 10.2 Å². The molecule has 2 amide bonds. The maximum Gasteiger partial charge on any atom is 0.238 e. The highest BCUT2D eigenvalue weighted by Gasteiger charge is 2.14. The molecule has 0 radical (unpaired) electrons. The highest BCUT2D eigenvalue weighted by Crippen LogP contribution is 2.24. The molecule has 0 fully saturated rings. The molecule has 0 spiro atoms. The van der Waals surface area contributed by atoms with Crippen molar-refractivity contribution in [3.8, 4) is 0 Å². The summed E-state index contributed by atoms with van der Waals surface area (Å²) in [6.45, 7) is 4.39. The topological polar surface area (TPSA) is 61.4 Å². The quantitative estimate of drug-likeness (QED) is 0.631. The summed E-state index contributed by atoms with van der Waals surface area (Å²) < 4.78 is 0. The van der Waals surface area contributed by atoms with Gasteiger partial charge >= 0.3 is 0 Å². The lowest BCUT2D eigenvalue weighted by molar-refractivity contribution is -0.123. The normalized spacial score (nSPS) is 11.9. The second-order valence-electron chi connectivity index (χ2n) is 6.81. The molecular formula is C22H29N3O2S. The first-order chi connectivity index (χ1) is 13.4. The van der Waals surface area contributed by atoms with Crippen LogP contribution in [0.3, 0.4) is 0 Å². The number of carbonyl (C=O) groups excluding carboxylic acids is 2. The Hall–Kier alpha value is -2.31. The number of carbonyl (C=O) groups is 2. The molecule has 28 heavy (non-hydrogen) atoms. The van der Waals surface area contributed by atoms with Crippen LogP contribution in [-0.2, 0) is 16.0 Å². The molecule has 6 heteroatoms.